The van der Waals surface area contributed by atoms with Crippen LogP contribution in [0.2, 0.25) is 0 Å². The molecule has 3 aromatic carbocycles. The maximum absolute atomic E-state index is 12.6. The summed E-state index contributed by atoms with van der Waals surface area (Å²) >= 11 is 0. The van der Waals surface area contributed by atoms with Gasteiger partial charge in [0.05, 0.1) is 11.5 Å². The first-order valence-corrected chi connectivity index (χ1v) is 9.87. The topological polar surface area (TPSA) is 92.6 Å². The molecule has 0 heterocycles. The summed E-state index contributed by atoms with van der Waals surface area (Å²) in [5, 5.41) is 14.5. The molecule has 3 aromatic rings. The summed E-state index contributed by atoms with van der Waals surface area (Å²) in [4.78, 5) is 37.8. The smallest absolute Gasteiger partial charge is 0.293 e. The van der Waals surface area contributed by atoms with Crippen LogP contribution < -0.4 is 10.2 Å². The van der Waals surface area contributed by atoms with Gasteiger partial charge < -0.3 is 10.2 Å². The Morgan fingerprint density at radius 1 is 0.968 bits per heavy atom. The largest absolute Gasteiger partial charge is 0.360 e. The summed E-state index contributed by atoms with van der Waals surface area (Å²) in [6.07, 6.45) is 0.772. The molecule has 31 heavy (non-hydrogen) atoms. The van der Waals surface area contributed by atoms with Gasteiger partial charge in [-0.1, -0.05) is 55.5 Å². The number of carbonyl (C=O) groups excluding carboxylic acids is 2. The van der Waals surface area contributed by atoms with Gasteiger partial charge in [0.15, 0.2) is 5.78 Å². The van der Waals surface area contributed by atoms with Gasteiger partial charge in [0.1, 0.15) is 5.69 Å². The van der Waals surface area contributed by atoms with Crippen molar-refractivity contribution in [2.24, 2.45) is 0 Å². The zero-order chi connectivity index (χ0) is 22.4. The van der Waals surface area contributed by atoms with Crippen LogP contribution in [-0.4, -0.2) is 30.2 Å². The molecule has 0 unspecified atom stereocenters. The zero-order valence-electron chi connectivity index (χ0n) is 17.4. The Bertz CT molecular complexity index is 1110. The Morgan fingerprint density at radius 2 is 1.65 bits per heavy atom. The molecule has 1 N–H and O–H groups in total. The lowest BCUT2D eigenvalue weighted by atomic mass is 10.0. The minimum absolute atomic E-state index is 0.0785. The van der Waals surface area contributed by atoms with Crippen molar-refractivity contribution in [2.45, 2.75) is 13.3 Å². The van der Waals surface area contributed by atoms with E-state index in [1.807, 2.05) is 31.2 Å². The Labute approximate surface area is 180 Å². The van der Waals surface area contributed by atoms with E-state index >= 15 is 0 Å². The molecule has 0 atom stereocenters. The molecule has 7 nitrogen and oxygen atoms in total. The number of ketones is 1. The van der Waals surface area contributed by atoms with Gasteiger partial charge in [0.2, 0.25) is 5.91 Å². The van der Waals surface area contributed by atoms with E-state index in [9.17, 15) is 19.7 Å². The van der Waals surface area contributed by atoms with E-state index < -0.39 is 4.92 Å². The average Bonchev–Trinajstić information content (AvgIpc) is 2.79. The van der Waals surface area contributed by atoms with Crippen LogP contribution in [-0.2, 0) is 11.2 Å². The average molecular weight is 417 g/mol. The summed E-state index contributed by atoms with van der Waals surface area (Å²) in [6, 6.07) is 20.4. The molecule has 0 aliphatic rings. The number of aryl methyl sites for hydroxylation is 1. The van der Waals surface area contributed by atoms with Crippen molar-refractivity contribution in [2.75, 3.05) is 23.8 Å². The number of anilines is 2. The molecular formula is C24H23N3O4. The highest BCUT2D eigenvalue weighted by Crippen LogP contribution is 2.29. The number of hydrogen-bond acceptors (Lipinski definition) is 5. The highest BCUT2D eigenvalue weighted by molar-refractivity contribution is 6.09. The number of nitro groups is 1. The lowest BCUT2D eigenvalue weighted by molar-refractivity contribution is -0.384. The second-order valence-corrected chi connectivity index (χ2v) is 7.07. The molecular weight excluding hydrogens is 394 g/mol. The van der Waals surface area contributed by atoms with Gasteiger partial charge in [-0.05, 0) is 30.2 Å². The van der Waals surface area contributed by atoms with E-state index in [1.165, 1.54) is 17.0 Å². The zero-order valence-corrected chi connectivity index (χ0v) is 17.4. The second kappa shape index (κ2) is 9.67. The van der Waals surface area contributed by atoms with E-state index in [1.54, 1.807) is 43.4 Å². The normalized spacial score (nSPS) is 10.4. The predicted octanol–water partition coefficient (Wildman–Crippen LogP) is 4.46. The molecule has 0 radical (unpaired) electrons. The molecule has 3 rings (SSSR count). The van der Waals surface area contributed by atoms with Gasteiger partial charge in [-0.25, -0.2) is 0 Å². The molecule has 0 aliphatic heterocycles. The van der Waals surface area contributed by atoms with Crippen LogP contribution >= 0.6 is 0 Å². The monoisotopic (exact) mass is 417 g/mol. The minimum atomic E-state index is -0.544. The molecule has 0 fully saturated rings. The van der Waals surface area contributed by atoms with Crippen LogP contribution in [0, 0.1) is 10.1 Å². The Hall–Kier alpha value is -4.00. The summed E-state index contributed by atoms with van der Waals surface area (Å²) in [5.41, 5.74) is 2.43. The molecule has 158 valence electrons. The van der Waals surface area contributed by atoms with Crippen molar-refractivity contribution in [1.82, 2.24) is 0 Å². The number of para-hydroxylation sites is 1. The highest BCUT2D eigenvalue weighted by atomic mass is 16.6. The number of rotatable bonds is 8. The minimum Gasteiger partial charge on any atom is -0.360 e. The van der Waals surface area contributed by atoms with Gasteiger partial charge in [-0.15, -0.1) is 0 Å². The van der Waals surface area contributed by atoms with E-state index in [4.69, 9.17) is 0 Å². The number of likely N-dealkylation sites (N-methyl/N-ethyl adjacent to an activating group) is 1. The highest BCUT2D eigenvalue weighted by Gasteiger charge is 2.22. The first-order chi connectivity index (χ1) is 14.9. The van der Waals surface area contributed by atoms with Gasteiger partial charge in [0.25, 0.3) is 5.69 Å². The van der Waals surface area contributed by atoms with Crippen molar-refractivity contribution in [3.05, 3.63) is 99.6 Å². The maximum Gasteiger partial charge on any atom is 0.293 e. The van der Waals surface area contributed by atoms with Crippen molar-refractivity contribution >= 4 is 28.8 Å². The maximum atomic E-state index is 12.6. The standard InChI is InChI=1S/C24H23N3O4/c1-3-17-9-7-8-12-20(17)25-23(28)16-26(2)21-14-13-19(15-22(21)27(30)31)24(29)18-10-5-4-6-11-18/h4-15H,3,16H2,1-2H3,(H,25,28). The lowest BCUT2D eigenvalue weighted by Gasteiger charge is -2.19. The third-order valence-electron chi connectivity index (χ3n) is 4.93. The Kier molecular flexibility index (Phi) is 6.77. The third-order valence-corrected chi connectivity index (χ3v) is 4.93. The molecule has 0 saturated carbocycles. The summed E-state index contributed by atoms with van der Waals surface area (Å²) in [5.74, 6) is -0.589. The fourth-order valence-electron chi connectivity index (χ4n) is 3.33. The van der Waals surface area contributed by atoms with Crippen molar-refractivity contribution in [3.63, 3.8) is 0 Å². The fraction of sp³-hybridized carbons (Fsp3) is 0.167. The van der Waals surface area contributed by atoms with Crippen molar-refractivity contribution < 1.29 is 14.5 Å². The van der Waals surface area contributed by atoms with Crippen LogP contribution in [0.5, 0.6) is 0 Å². The molecule has 0 saturated heterocycles. The van der Waals surface area contributed by atoms with Crippen LogP contribution in [0.4, 0.5) is 17.1 Å². The molecule has 0 bridgehead atoms. The molecule has 0 aromatic heterocycles. The van der Waals surface area contributed by atoms with Crippen LogP contribution in [0.25, 0.3) is 0 Å². The number of benzene rings is 3. The number of amides is 1. The predicted molar refractivity (Wildman–Crippen MR) is 121 cm³/mol. The number of nitrogens with one attached hydrogen (secondary N) is 1. The van der Waals surface area contributed by atoms with E-state index in [2.05, 4.69) is 5.32 Å². The first kappa shape index (κ1) is 21.7. The van der Waals surface area contributed by atoms with E-state index in [0.717, 1.165) is 17.7 Å². The first-order valence-electron chi connectivity index (χ1n) is 9.87. The fourth-order valence-corrected chi connectivity index (χ4v) is 3.33. The number of nitro benzene ring substituents is 1. The van der Waals surface area contributed by atoms with Gasteiger partial charge in [-0.3, -0.25) is 19.7 Å². The van der Waals surface area contributed by atoms with E-state index in [0.29, 0.717) is 5.56 Å². The summed E-state index contributed by atoms with van der Waals surface area (Å²) in [6.45, 7) is 1.92. The van der Waals surface area contributed by atoms with Crippen LogP contribution in [0.1, 0.15) is 28.4 Å². The second-order valence-electron chi connectivity index (χ2n) is 7.07. The third kappa shape index (κ3) is 5.14. The van der Waals surface area contributed by atoms with E-state index in [-0.39, 0.29) is 35.2 Å². The lowest BCUT2D eigenvalue weighted by Crippen LogP contribution is -2.30. The molecule has 0 spiro atoms. The van der Waals surface area contributed by atoms with Gasteiger partial charge in [-0.2, -0.15) is 0 Å². The Balaban J connectivity index is 1.80. The van der Waals surface area contributed by atoms with Crippen LogP contribution in [0.3, 0.4) is 0 Å². The molecule has 7 heteroatoms. The number of carbonyl (C=O) groups is 2. The summed E-state index contributed by atoms with van der Waals surface area (Å²) in [7, 11) is 1.60. The SMILES string of the molecule is CCc1ccccc1NC(=O)CN(C)c1ccc(C(=O)c2ccccc2)cc1[N+](=O)[O-]. The molecule has 0 aliphatic carbocycles. The number of nitrogens with zero attached hydrogens (tertiary/aromatic N) is 2. The summed E-state index contributed by atoms with van der Waals surface area (Å²) < 4.78 is 0. The van der Waals surface area contributed by atoms with Gasteiger partial charge in [0, 0.05) is 29.9 Å². The van der Waals surface area contributed by atoms with Crippen molar-refractivity contribution in [3.8, 4) is 0 Å². The number of hydrogen-bond donors (Lipinski definition) is 1. The Morgan fingerprint density at radius 3 is 2.32 bits per heavy atom. The van der Waals surface area contributed by atoms with Gasteiger partial charge >= 0.3 is 0 Å². The molecule has 1 amide bonds. The van der Waals surface area contributed by atoms with Crippen LogP contribution in [0.15, 0.2) is 72.8 Å². The van der Waals surface area contributed by atoms with Crippen molar-refractivity contribution in [1.29, 1.82) is 0 Å². The quantitative estimate of drug-likeness (QED) is 0.332.